The lowest BCUT2D eigenvalue weighted by Crippen LogP contribution is -2.37. The van der Waals surface area contributed by atoms with Gasteiger partial charge < -0.3 is 19.9 Å². The van der Waals surface area contributed by atoms with Crippen molar-refractivity contribution in [1.82, 2.24) is 4.98 Å². The molecule has 1 aromatic rings. The zero-order chi connectivity index (χ0) is 11.4. The first-order chi connectivity index (χ1) is 7.73. The average molecular weight is 224 g/mol. The SMILES string of the molecule is COc1cccnc1NCC1(O)CCOC1. The van der Waals surface area contributed by atoms with Crippen LogP contribution in [0.15, 0.2) is 18.3 Å². The highest BCUT2D eigenvalue weighted by molar-refractivity contribution is 5.49. The number of hydrogen-bond acceptors (Lipinski definition) is 5. The van der Waals surface area contributed by atoms with Crippen LogP contribution in [0.2, 0.25) is 0 Å². The number of nitrogens with zero attached hydrogens (tertiary/aromatic N) is 1. The van der Waals surface area contributed by atoms with E-state index in [1.54, 1.807) is 19.4 Å². The van der Waals surface area contributed by atoms with Crippen LogP contribution in [0.1, 0.15) is 6.42 Å². The third kappa shape index (κ3) is 2.43. The second-order valence-corrected chi connectivity index (χ2v) is 3.93. The molecule has 1 saturated heterocycles. The third-order valence-electron chi connectivity index (χ3n) is 2.66. The maximum Gasteiger partial charge on any atom is 0.168 e. The highest BCUT2D eigenvalue weighted by Gasteiger charge is 2.32. The van der Waals surface area contributed by atoms with Crippen molar-refractivity contribution in [3.63, 3.8) is 0 Å². The van der Waals surface area contributed by atoms with Crippen LogP contribution in [0.4, 0.5) is 5.82 Å². The number of methoxy groups -OCH3 is 1. The van der Waals surface area contributed by atoms with Crippen LogP contribution in [-0.4, -0.2) is 42.6 Å². The summed E-state index contributed by atoms with van der Waals surface area (Å²) in [4.78, 5) is 4.15. The Labute approximate surface area is 94.4 Å². The average Bonchev–Trinajstić information content (AvgIpc) is 2.74. The Morgan fingerprint density at radius 1 is 1.69 bits per heavy atom. The van der Waals surface area contributed by atoms with Crippen LogP contribution in [0.5, 0.6) is 5.75 Å². The van der Waals surface area contributed by atoms with Crippen molar-refractivity contribution in [3.8, 4) is 5.75 Å². The van der Waals surface area contributed by atoms with Gasteiger partial charge in [-0.05, 0) is 12.1 Å². The Morgan fingerprint density at radius 3 is 3.25 bits per heavy atom. The van der Waals surface area contributed by atoms with Crippen molar-refractivity contribution < 1.29 is 14.6 Å². The minimum atomic E-state index is -0.789. The highest BCUT2D eigenvalue weighted by atomic mass is 16.5. The van der Waals surface area contributed by atoms with Crippen molar-refractivity contribution in [1.29, 1.82) is 0 Å². The van der Waals surface area contributed by atoms with E-state index >= 15 is 0 Å². The molecule has 0 amide bonds. The summed E-state index contributed by atoms with van der Waals surface area (Å²) in [6, 6.07) is 3.63. The first-order valence-corrected chi connectivity index (χ1v) is 5.26. The van der Waals surface area contributed by atoms with Crippen molar-refractivity contribution in [2.45, 2.75) is 12.0 Å². The van der Waals surface area contributed by atoms with E-state index in [2.05, 4.69) is 10.3 Å². The number of pyridine rings is 1. The number of ether oxygens (including phenoxy) is 2. The van der Waals surface area contributed by atoms with Gasteiger partial charge in [-0.2, -0.15) is 0 Å². The Balaban J connectivity index is 1.98. The minimum absolute atomic E-state index is 0.370. The third-order valence-corrected chi connectivity index (χ3v) is 2.66. The molecule has 1 fully saturated rings. The van der Waals surface area contributed by atoms with E-state index in [1.165, 1.54) is 0 Å². The Kier molecular flexibility index (Phi) is 3.26. The predicted molar refractivity (Wildman–Crippen MR) is 59.7 cm³/mol. The van der Waals surface area contributed by atoms with Gasteiger partial charge in [0.2, 0.25) is 0 Å². The molecular formula is C11H16N2O3. The summed E-state index contributed by atoms with van der Waals surface area (Å²) < 4.78 is 10.3. The monoisotopic (exact) mass is 224 g/mol. The summed E-state index contributed by atoms with van der Waals surface area (Å²) in [5, 5.41) is 13.1. The molecule has 2 N–H and O–H groups in total. The van der Waals surface area contributed by atoms with Crippen LogP contribution in [0.3, 0.4) is 0 Å². The molecule has 0 aliphatic carbocycles. The van der Waals surface area contributed by atoms with E-state index in [-0.39, 0.29) is 0 Å². The number of aliphatic hydroxyl groups is 1. The van der Waals surface area contributed by atoms with Crippen molar-refractivity contribution >= 4 is 5.82 Å². The minimum Gasteiger partial charge on any atom is -0.493 e. The highest BCUT2D eigenvalue weighted by Crippen LogP contribution is 2.23. The second kappa shape index (κ2) is 4.67. The molecule has 5 nitrogen and oxygen atoms in total. The fourth-order valence-corrected chi connectivity index (χ4v) is 1.67. The molecule has 0 bridgehead atoms. The largest absolute Gasteiger partial charge is 0.493 e. The Bertz CT molecular complexity index is 351. The number of rotatable bonds is 4. The van der Waals surface area contributed by atoms with Gasteiger partial charge in [0.25, 0.3) is 0 Å². The molecule has 1 aliphatic heterocycles. The summed E-state index contributed by atoms with van der Waals surface area (Å²) in [6.45, 7) is 1.40. The summed E-state index contributed by atoms with van der Waals surface area (Å²) in [6.07, 6.45) is 2.33. The second-order valence-electron chi connectivity index (χ2n) is 3.93. The number of aromatic nitrogens is 1. The van der Waals surface area contributed by atoms with Gasteiger partial charge in [-0.15, -0.1) is 0 Å². The molecule has 88 valence electrons. The first kappa shape index (κ1) is 11.2. The molecule has 5 heteroatoms. The van der Waals surface area contributed by atoms with Crippen LogP contribution < -0.4 is 10.1 Å². The smallest absolute Gasteiger partial charge is 0.168 e. The van der Waals surface area contributed by atoms with Gasteiger partial charge in [-0.1, -0.05) is 0 Å². The fourth-order valence-electron chi connectivity index (χ4n) is 1.67. The van der Waals surface area contributed by atoms with Gasteiger partial charge in [-0.25, -0.2) is 4.98 Å². The lowest BCUT2D eigenvalue weighted by atomic mass is 10.0. The standard InChI is InChI=1S/C11H16N2O3/c1-15-9-3-2-5-12-10(9)13-7-11(14)4-6-16-8-11/h2-3,5,14H,4,6-8H2,1H3,(H,12,13). The van der Waals surface area contributed by atoms with Gasteiger partial charge in [0.1, 0.15) is 5.60 Å². The summed E-state index contributed by atoms with van der Waals surface area (Å²) in [5.41, 5.74) is -0.789. The topological polar surface area (TPSA) is 63.6 Å². The Hall–Kier alpha value is -1.33. The molecule has 0 radical (unpaired) electrons. The molecule has 2 heterocycles. The van der Waals surface area contributed by atoms with Gasteiger partial charge in [0.05, 0.1) is 13.7 Å². The molecule has 16 heavy (non-hydrogen) atoms. The lowest BCUT2D eigenvalue weighted by molar-refractivity contribution is 0.0381. The molecule has 2 rings (SSSR count). The molecule has 1 aromatic heterocycles. The summed E-state index contributed by atoms with van der Waals surface area (Å²) in [5.74, 6) is 1.32. The van der Waals surface area contributed by atoms with Crippen LogP contribution in [-0.2, 0) is 4.74 Å². The zero-order valence-corrected chi connectivity index (χ0v) is 9.27. The maximum absolute atomic E-state index is 10.1. The first-order valence-electron chi connectivity index (χ1n) is 5.26. The van der Waals surface area contributed by atoms with Crippen molar-refractivity contribution in [3.05, 3.63) is 18.3 Å². The van der Waals surface area contributed by atoms with Crippen LogP contribution in [0.25, 0.3) is 0 Å². The lowest BCUT2D eigenvalue weighted by Gasteiger charge is -2.21. The van der Waals surface area contributed by atoms with E-state index in [0.717, 1.165) is 0 Å². The number of hydrogen-bond donors (Lipinski definition) is 2. The van der Waals surface area contributed by atoms with E-state index in [1.807, 2.05) is 6.07 Å². The van der Waals surface area contributed by atoms with E-state index in [9.17, 15) is 5.11 Å². The fraction of sp³-hybridized carbons (Fsp3) is 0.545. The van der Waals surface area contributed by atoms with Gasteiger partial charge in [0.15, 0.2) is 11.6 Å². The molecule has 0 aromatic carbocycles. The Morgan fingerprint density at radius 2 is 2.56 bits per heavy atom. The molecule has 1 unspecified atom stereocenters. The quantitative estimate of drug-likeness (QED) is 0.786. The molecular weight excluding hydrogens is 208 g/mol. The molecule has 1 aliphatic rings. The number of anilines is 1. The van der Waals surface area contributed by atoms with Crippen molar-refractivity contribution in [2.75, 3.05) is 32.2 Å². The molecule has 0 spiro atoms. The van der Waals surface area contributed by atoms with E-state index < -0.39 is 5.60 Å². The van der Waals surface area contributed by atoms with Gasteiger partial charge in [0, 0.05) is 25.8 Å². The zero-order valence-electron chi connectivity index (χ0n) is 9.27. The molecule has 1 atom stereocenters. The predicted octanol–water partition coefficient (Wildman–Crippen LogP) is 0.653. The van der Waals surface area contributed by atoms with Gasteiger partial charge >= 0.3 is 0 Å². The number of nitrogens with one attached hydrogen (secondary N) is 1. The van der Waals surface area contributed by atoms with Gasteiger partial charge in [-0.3, -0.25) is 0 Å². The maximum atomic E-state index is 10.1. The molecule has 0 saturated carbocycles. The van der Waals surface area contributed by atoms with Crippen LogP contribution in [0, 0.1) is 0 Å². The normalized spacial score (nSPS) is 24.4. The van der Waals surface area contributed by atoms with Crippen molar-refractivity contribution in [2.24, 2.45) is 0 Å². The van der Waals surface area contributed by atoms with E-state index in [0.29, 0.717) is 37.7 Å². The summed E-state index contributed by atoms with van der Waals surface area (Å²) >= 11 is 0. The van der Waals surface area contributed by atoms with E-state index in [4.69, 9.17) is 9.47 Å². The summed E-state index contributed by atoms with van der Waals surface area (Å²) in [7, 11) is 1.59. The van der Waals surface area contributed by atoms with Crippen LogP contribution >= 0.6 is 0 Å².